The van der Waals surface area contributed by atoms with Crippen LogP contribution >= 0.6 is 0 Å². The fraction of sp³-hybridized carbons (Fsp3) is 0.875. The third-order valence-corrected chi connectivity index (χ3v) is 2.73. The number of aryl methyl sites for hydroxylation is 1. The molecule has 0 radical (unpaired) electrons. The van der Waals surface area contributed by atoms with Crippen LogP contribution in [0.3, 0.4) is 0 Å². The third-order valence-electron chi connectivity index (χ3n) is 2.73. The van der Waals surface area contributed by atoms with Crippen LogP contribution in [0.1, 0.15) is 12.8 Å². The molecule has 0 spiro atoms. The maximum atomic E-state index is 3.99. The van der Waals surface area contributed by atoms with Gasteiger partial charge in [0.15, 0.2) is 0 Å². The van der Waals surface area contributed by atoms with Gasteiger partial charge in [-0.15, -0.1) is 0 Å². The summed E-state index contributed by atoms with van der Waals surface area (Å²) < 4.78 is 1.70. The molecule has 1 aliphatic heterocycles. The zero-order chi connectivity index (χ0) is 9.97. The van der Waals surface area contributed by atoms with Crippen LogP contribution in [0.2, 0.25) is 0 Å². The molecule has 6 heteroatoms. The molecule has 78 valence electrons. The second kappa shape index (κ2) is 3.91. The molecular formula is C8H16N6. The Morgan fingerprint density at radius 2 is 2.43 bits per heavy atom. The van der Waals surface area contributed by atoms with Gasteiger partial charge < -0.3 is 10.2 Å². The number of tetrazole rings is 1. The van der Waals surface area contributed by atoms with Crippen molar-refractivity contribution in [2.45, 2.75) is 18.9 Å². The maximum Gasteiger partial charge on any atom is 0.245 e. The number of hydrogen-bond acceptors (Lipinski definition) is 5. The number of rotatable bonds is 2. The molecule has 1 atom stereocenters. The van der Waals surface area contributed by atoms with E-state index in [1.165, 1.54) is 12.8 Å². The van der Waals surface area contributed by atoms with Crippen molar-refractivity contribution in [1.29, 1.82) is 0 Å². The van der Waals surface area contributed by atoms with Gasteiger partial charge >= 0.3 is 0 Å². The smallest absolute Gasteiger partial charge is 0.245 e. The van der Waals surface area contributed by atoms with Gasteiger partial charge in [0.1, 0.15) is 0 Å². The molecule has 0 amide bonds. The lowest BCUT2D eigenvalue weighted by Gasteiger charge is -2.31. The zero-order valence-corrected chi connectivity index (χ0v) is 8.64. The molecule has 0 saturated carbocycles. The molecule has 1 N–H and O–H groups in total. The number of likely N-dealkylation sites (N-methyl/N-ethyl adjacent to an activating group) is 1. The largest absolute Gasteiger partial charge is 0.338 e. The van der Waals surface area contributed by atoms with Gasteiger partial charge in [0, 0.05) is 26.7 Å². The molecule has 0 aromatic carbocycles. The first kappa shape index (κ1) is 9.39. The second-order valence-electron chi connectivity index (χ2n) is 3.71. The number of anilines is 1. The van der Waals surface area contributed by atoms with Crippen molar-refractivity contribution < 1.29 is 0 Å². The van der Waals surface area contributed by atoms with Gasteiger partial charge in [-0.1, -0.05) is 5.10 Å². The first-order valence-electron chi connectivity index (χ1n) is 4.95. The van der Waals surface area contributed by atoms with Crippen LogP contribution in [0.15, 0.2) is 0 Å². The minimum Gasteiger partial charge on any atom is -0.338 e. The molecule has 1 aromatic rings. The minimum absolute atomic E-state index is 0.508. The average Bonchev–Trinajstić information content (AvgIpc) is 2.65. The Morgan fingerprint density at radius 3 is 3.00 bits per heavy atom. The highest BCUT2D eigenvalue weighted by molar-refractivity contribution is 5.28. The fourth-order valence-electron chi connectivity index (χ4n) is 1.85. The fourth-order valence-corrected chi connectivity index (χ4v) is 1.85. The number of nitrogens with zero attached hydrogens (tertiary/aromatic N) is 5. The monoisotopic (exact) mass is 196 g/mol. The zero-order valence-electron chi connectivity index (χ0n) is 8.64. The average molecular weight is 196 g/mol. The molecule has 2 heterocycles. The lowest BCUT2D eigenvalue weighted by atomic mass is 10.1. The Hall–Kier alpha value is -1.17. The lowest BCUT2D eigenvalue weighted by molar-refractivity contribution is 0.438. The SMILES string of the molecule is CN(c1nnnn1C)C1CCCNC1. The van der Waals surface area contributed by atoms with Crippen LogP contribution in [-0.2, 0) is 7.05 Å². The summed E-state index contributed by atoms with van der Waals surface area (Å²) in [6, 6.07) is 0.508. The summed E-state index contributed by atoms with van der Waals surface area (Å²) in [5.74, 6) is 0.832. The van der Waals surface area contributed by atoms with E-state index in [1.54, 1.807) is 4.68 Å². The van der Waals surface area contributed by atoms with Crippen LogP contribution in [0.4, 0.5) is 5.95 Å². The van der Waals surface area contributed by atoms with Gasteiger partial charge in [0.05, 0.1) is 0 Å². The summed E-state index contributed by atoms with van der Waals surface area (Å²) in [4.78, 5) is 2.14. The van der Waals surface area contributed by atoms with Gasteiger partial charge in [-0.2, -0.15) is 0 Å². The predicted molar refractivity (Wildman–Crippen MR) is 53.1 cm³/mol. The predicted octanol–water partition coefficient (Wildman–Crippen LogP) is -0.602. The van der Waals surface area contributed by atoms with E-state index in [9.17, 15) is 0 Å². The molecule has 1 aliphatic rings. The van der Waals surface area contributed by atoms with Crippen molar-refractivity contribution in [2.24, 2.45) is 7.05 Å². The van der Waals surface area contributed by atoms with Crippen molar-refractivity contribution in [2.75, 3.05) is 25.0 Å². The standard InChI is InChI=1S/C8H16N6/c1-13(7-4-3-5-9-6-7)8-10-11-12-14(8)2/h7,9H,3-6H2,1-2H3. The summed E-state index contributed by atoms with van der Waals surface area (Å²) in [6.07, 6.45) is 2.43. The number of piperidine rings is 1. The highest BCUT2D eigenvalue weighted by Crippen LogP contribution is 2.14. The third kappa shape index (κ3) is 1.70. The van der Waals surface area contributed by atoms with E-state index in [1.807, 2.05) is 14.1 Å². The van der Waals surface area contributed by atoms with E-state index in [-0.39, 0.29) is 0 Å². The Kier molecular flexibility index (Phi) is 2.62. The minimum atomic E-state index is 0.508. The first-order valence-corrected chi connectivity index (χ1v) is 4.95. The maximum absolute atomic E-state index is 3.99. The molecule has 1 unspecified atom stereocenters. The van der Waals surface area contributed by atoms with Crippen LogP contribution < -0.4 is 10.2 Å². The lowest BCUT2D eigenvalue weighted by Crippen LogP contribution is -2.45. The van der Waals surface area contributed by atoms with E-state index >= 15 is 0 Å². The summed E-state index contributed by atoms with van der Waals surface area (Å²) in [5.41, 5.74) is 0. The van der Waals surface area contributed by atoms with Crippen LogP contribution in [0, 0.1) is 0 Å². The van der Waals surface area contributed by atoms with E-state index in [4.69, 9.17) is 0 Å². The van der Waals surface area contributed by atoms with Crippen LogP contribution in [-0.4, -0.2) is 46.4 Å². The number of aromatic nitrogens is 4. The highest BCUT2D eigenvalue weighted by atomic mass is 15.6. The van der Waals surface area contributed by atoms with Crippen LogP contribution in [0.5, 0.6) is 0 Å². The molecule has 14 heavy (non-hydrogen) atoms. The van der Waals surface area contributed by atoms with Crippen molar-refractivity contribution in [3.05, 3.63) is 0 Å². The number of hydrogen-bond donors (Lipinski definition) is 1. The summed E-state index contributed by atoms with van der Waals surface area (Å²) >= 11 is 0. The van der Waals surface area contributed by atoms with Gasteiger partial charge in [-0.25, -0.2) is 4.68 Å². The van der Waals surface area contributed by atoms with E-state index in [0.717, 1.165) is 19.0 Å². The summed E-state index contributed by atoms with van der Waals surface area (Å²) in [6.45, 7) is 2.14. The van der Waals surface area contributed by atoms with Crippen LogP contribution in [0.25, 0.3) is 0 Å². The molecule has 6 nitrogen and oxygen atoms in total. The van der Waals surface area contributed by atoms with Crippen molar-refractivity contribution in [1.82, 2.24) is 25.5 Å². The van der Waals surface area contributed by atoms with E-state index < -0.39 is 0 Å². The van der Waals surface area contributed by atoms with Gasteiger partial charge in [-0.05, 0) is 29.8 Å². The van der Waals surface area contributed by atoms with Crippen molar-refractivity contribution in [3.63, 3.8) is 0 Å². The van der Waals surface area contributed by atoms with Crippen molar-refractivity contribution in [3.8, 4) is 0 Å². The van der Waals surface area contributed by atoms with Gasteiger partial charge in [0.25, 0.3) is 0 Å². The Labute approximate surface area is 83.3 Å². The molecule has 1 fully saturated rings. The second-order valence-corrected chi connectivity index (χ2v) is 3.71. The van der Waals surface area contributed by atoms with E-state index in [0.29, 0.717) is 6.04 Å². The molecule has 0 bridgehead atoms. The Morgan fingerprint density at radius 1 is 1.57 bits per heavy atom. The molecule has 1 aromatic heterocycles. The number of nitrogens with one attached hydrogen (secondary N) is 1. The normalized spacial score (nSPS) is 22.3. The summed E-state index contributed by atoms with van der Waals surface area (Å²) in [5, 5.41) is 14.8. The highest BCUT2D eigenvalue weighted by Gasteiger charge is 2.21. The molecular weight excluding hydrogens is 180 g/mol. The summed E-state index contributed by atoms with van der Waals surface area (Å²) in [7, 11) is 3.91. The Balaban J connectivity index is 2.07. The van der Waals surface area contributed by atoms with Gasteiger partial charge in [0.2, 0.25) is 5.95 Å². The quantitative estimate of drug-likeness (QED) is 0.684. The molecule has 0 aliphatic carbocycles. The topological polar surface area (TPSA) is 58.9 Å². The van der Waals surface area contributed by atoms with Crippen molar-refractivity contribution >= 4 is 5.95 Å². The molecule has 2 rings (SSSR count). The van der Waals surface area contributed by atoms with Gasteiger partial charge in [-0.3, -0.25) is 0 Å². The Bertz CT molecular complexity index is 290. The first-order chi connectivity index (χ1) is 6.79. The van der Waals surface area contributed by atoms with E-state index in [2.05, 4.69) is 25.7 Å². The molecule has 1 saturated heterocycles.